The molecule has 2 rings (SSSR count). The minimum atomic E-state index is 0.364. The van der Waals surface area contributed by atoms with Gasteiger partial charge in [-0.2, -0.15) is 0 Å². The summed E-state index contributed by atoms with van der Waals surface area (Å²) in [6, 6.07) is 15.6. The molecule has 0 fully saturated rings. The zero-order chi connectivity index (χ0) is 13.7. The molecular formula is C16H17IOSi. The topological polar surface area (TPSA) is 20.2 Å². The highest BCUT2D eigenvalue weighted by atomic mass is 127. The Balaban J connectivity index is 2.30. The Hall–Kier alpha value is -0.813. The molecule has 98 valence electrons. The van der Waals surface area contributed by atoms with Crippen LogP contribution < -0.4 is 0 Å². The maximum absolute atomic E-state index is 9.69. The van der Waals surface area contributed by atoms with Crippen LogP contribution in [-0.2, 0) is 6.42 Å². The Morgan fingerprint density at radius 1 is 1.11 bits per heavy atom. The number of aromatic hydroxyl groups is 1. The Bertz CT molecular complexity index is 537. The minimum absolute atomic E-state index is 0.364. The summed E-state index contributed by atoms with van der Waals surface area (Å²) < 4.78 is 0. The van der Waals surface area contributed by atoms with Gasteiger partial charge in [-0.25, -0.2) is 0 Å². The molecule has 1 N–H and O–H groups in total. The SMILES string of the molecule is Cc1ccc(-c2ccc(O)cc2CCC[Si]I)cc1. The number of phenolic OH excluding ortho intramolecular Hbond substituents is 1. The van der Waals surface area contributed by atoms with Crippen LogP contribution in [0.15, 0.2) is 42.5 Å². The van der Waals surface area contributed by atoms with Crippen molar-refractivity contribution in [3.63, 3.8) is 0 Å². The first-order valence-corrected chi connectivity index (χ1v) is 10.8. The molecule has 2 aromatic rings. The summed E-state index contributed by atoms with van der Waals surface area (Å²) in [5.41, 5.74) is 5.00. The van der Waals surface area contributed by atoms with Crippen molar-refractivity contribution in [2.75, 3.05) is 0 Å². The van der Waals surface area contributed by atoms with E-state index in [9.17, 15) is 5.11 Å². The monoisotopic (exact) mass is 380 g/mol. The van der Waals surface area contributed by atoms with Crippen molar-refractivity contribution in [1.82, 2.24) is 0 Å². The number of aryl methyl sites for hydroxylation is 2. The van der Waals surface area contributed by atoms with Gasteiger partial charge in [-0.05, 0) is 42.2 Å². The highest BCUT2D eigenvalue weighted by Gasteiger charge is 2.06. The van der Waals surface area contributed by atoms with E-state index in [0.29, 0.717) is 5.75 Å². The number of hydrogen-bond acceptors (Lipinski definition) is 1. The van der Waals surface area contributed by atoms with Crippen molar-refractivity contribution in [1.29, 1.82) is 0 Å². The van der Waals surface area contributed by atoms with Gasteiger partial charge in [0.25, 0.3) is 0 Å². The van der Waals surface area contributed by atoms with Gasteiger partial charge in [0.1, 0.15) is 12.8 Å². The summed E-state index contributed by atoms with van der Waals surface area (Å²) in [4.78, 5) is 0. The zero-order valence-electron chi connectivity index (χ0n) is 11.0. The van der Waals surface area contributed by atoms with Gasteiger partial charge in [0, 0.05) is 0 Å². The summed E-state index contributed by atoms with van der Waals surface area (Å²) in [5.74, 6) is 0.364. The van der Waals surface area contributed by atoms with E-state index >= 15 is 0 Å². The van der Waals surface area contributed by atoms with Crippen LogP contribution in [0.1, 0.15) is 17.5 Å². The second kappa shape index (κ2) is 7.10. The van der Waals surface area contributed by atoms with Crippen LogP contribution in [0.4, 0.5) is 0 Å². The number of phenols is 1. The third kappa shape index (κ3) is 4.08. The van der Waals surface area contributed by atoms with Crippen molar-refractivity contribution in [2.24, 2.45) is 0 Å². The molecule has 2 aromatic carbocycles. The average molecular weight is 380 g/mol. The molecule has 0 spiro atoms. The van der Waals surface area contributed by atoms with Crippen LogP contribution in [0.25, 0.3) is 11.1 Å². The van der Waals surface area contributed by atoms with E-state index in [-0.39, 0.29) is 0 Å². The Morgan fingerprint density at radius 2 is 1.84 bits per heavy atom. The van der Waals surface area contributed by atoms with E-state index in [0.717, 1.165) is 13.4 Å². The molecule has 0 aliphatic carbocycles. The van der Waals surface area contributed by atoms with Crippen molar-refractivity contribution in [3.8, 4) is 16.9 Å². The van der Waals surface area contributed by atoms with Gasteiger partial charge in [0.05, 0.1) is 0 Å². The molecule has 0 bridgehead atoms. The largest absolute Gasteiger partial charge is 0.508 e. The molecule has 0 saturated carbocycles. The molecule has 0 aliphatic rings. The van der Waals surface area contributed by atoms with Crippen LogP contribution in [0.3, 0.4) is 0 Å². The van der Waals surface area contributed by atoms with Crippen LogP contribution in [0.2, 0.25) is 6.04 Å². The highest BCUT2D eigenvalue weighted by molar-refractivity contribution is 14.1. The highest BCUT2D eigenvalue weighted by Crippen LogP contribution is 2.28. The number of benzene rings is 2. The number of hydrogen-bond donors (Lipinski definition) is 1. The van der Waals surface area contributed by atoms with Crippen molar-refractivity contribution in [2.45, 2.75) is 25.8 Å². The maximum Gasteiger partial charge on any atom is 0.130 e. The second-order valence-corrected chi connectivity index (χ2v) is 7.75. The van der Waals surface area contributed by atoms with Crippen LogP contribution in [0.5, 0.6) is 5.75 Å². The van der Waals surface area contributed by atoms with Gasteiger partial charge in [-0.15, -0.1) is 21.8 Å². The molecule has 0 aliphatic heterocycles. The van der Waals surface area contributed by atoms with Crippen LogP contribution >= 0.6 is 21.8 Å². The molecule has 0 amide bonds. The standard InChI is InChI=1S/C16H17IOSi/c1-12-4-6-13(7-5-12)16-9-8-15(18)11-14(16)3-2-10-19-17/h4-9,11,18H,2-3,10H2,1H3. The summed E-state index contributed by atoms with van der Waals surface area (Å²) in [5, 5.41) is 9.69. The zero-order valence-corrected chi connectivity index (χ0v) is 14.1. The van der Waals surface area contributed by atoms with E-state index in [2.05, 4.69) is 53.0 Å². The van der Waals surface area contributed by atoms with Gasteiger partial charge in [0.15, 0.2) is 0 Å². The molecule has 0 unspecified atom stereocenters. The molecule has 0 atom stereocenters. The lowest BCUT2D eigenvalue weighted by Crippen LogP contribution is -1.92. The predicted octanol–water partition coefficient (Wildman–Crippen LogP) is 4.77. The average Bonchev–Trinajstić information content (AvgIpc) is 2.41. The lowest BCUT2D eigenvalue weighted by molar-refractivity contribution is 0.474. The fourth-order valence-corrected chi connectivity index (χ4v) is 3.60. The van der Waals surface area contributed by atoms with Gasteiger partial charge in [-0.3, -0.25) is 0 Å². The third-order valence-electron chi connectivity index (χ3n) is 3.17. The van der Waals surface area contributed by atoms with E-state index in [1.54, 1.807) is 6.07 Å². The van der Waals surface area contributed by atoms with Crippen molar-refractivity contribution < 1.29 is 5.11 Å². The number of rotatable bonds is 5. The fraction of sp³-hybridized carbons (Fsp3) is 0.250. The summed E-state index contributed by atoms with van der Waals surface area (Å²) in [6.45, 7) is 2.10. The first kappa shape index (κ1) is 14.6. The van der Waals surface area contributed by atoms with Gasteiger partial charge < -0.3 is 5.11 Å². The van der Waals surface area contributed by atoms with Crippen LogP contribution in [-0.4, -0.2) is 12.1 Å². The van der Waals surface area contributed by atoms with Gasteiger partial charge >= 0.3 is 0 Å². The number of halogens is 1. The molecule has 3 heteroatoms. The summed E-state index contributed by atoms with van der Waals surface area (Å²) in [6.07, 6.45) is 2.22. The van der Waals surface area contributed by atoms with E-state index < -0.39 is 0 Å². The molecule has 0 aromatic heterocycles. The summed E-state index contributed by atoms with van der Waals surface area (Å²) in [7, 11) is 0.976. The summed E-state index contributed by atoms with van der Waals surface area (Å²) >= 11 is 2.44. The molecule has 2 radical (unpaired) electrons. The molecule has 19 heavy (non-hydrogen) atoms. The minimum Gasteiger partial charge on any atom is -0.508 e. The van der Waals surface area contributed by atoms with E-state index in [4.69, 9.17) is 0 Å². The molecular weight excluding hydrogens is 363 g/mol. The van der Waals surface area contributed by atoms with E-state index in [1.807, 2.05) is 12.1 Å². The van der Waals surface area contributed by atoms with Crippen LogP contribution in [0, 0.1) is 6.92 Å². The maximum atomic E-state index is 9.69. The Morgan fingerprint density at radius 3 is 2.53 bits per heavy atom. The third-order valence-corrected chi connectivity index (χ3v) is 5.33. The molecule has 0 heterocycles. The molecule has 1 nitrogen and oxygen atoms in total. The van der Waals surface area contributed by atoms with Crippen molar-refractivity contribution in [3.05, 3.63) is 53.6 Å². The normalized spacial score (nSPS) is 10.6. The lowest BCUT2D eigenvalue weighted by atomic mass is 9.96. The van der Waals surface area contributed by atoms with Gasteiger partial charge in [0.2, 0.25) is 0 Å². The van der Waals surface area contributed by atoms with E-state index in [1.165, 1.54) is 34.7 Å². The molecule has 0 saturated heterocycles. The second-order valence-electron chi connectivity index (χ2n) is 4.69. The Labute approximate surface area is 130 Å². The quantitative estimate of drug-likeness (QED) is 0.343. The smallest absolute Gasteiger partial charge is 0.130 e. The Kier molecular flexibility index (Phi) is 5.45. The first-order chi connectivity index (χ1) is 9.20. The van der Waals surface area contributed by atoms with Crippen molar-refractivity contribution >= 4 is 28.8 Å². The fourth-order valence-electron chi connectivity index (χ4n) is 2.15. The first-order valence-electron chi connectivity index (χ1n) is 6.43. The lowest BCUT2D eigenvalue weighted by Gasteiger charge is -2.10. The van der Waals surface area contributed by atoms with Gasteiger partial charge in [-0.1, -0.05) is 48.4 Å². The predicted molar refractivity (Wildman–Crippen MR) is 91.2 cm³/mol.